The number of likely N-dealkylation sites (tertiary alicyclic amines) is 2. The zero-order valence-corrected chi connectivity index (χ0v) is 18.9. The molecule has 4 rings (SSSR count). The van der Waals surface area contributed by atoms with Gasteiger partial charge >= 0.3 is 0 Å². The van der Waals surface area contributed by atoms with E-state index >= 15 is 0 Å². The fourth-order valence-corrected chi connectivity index (χ4v) is 5.18. The molecule has 32 heavy (non-hydrogen) atoms. The Morgan fingerprint density at radius 2 is 1.91 bits per heavy atom. The average Bonchev–Trinajstić information content (AvgIpc) is 3.32. The maximum Gasteiger partial charge on any atom is 0.251 e. The quantitative estimate of drug-likeness (QED) is 0.682. The van der Waals surface area contributed by atoms with E-state index in [1.807, 2.05) is 9.80 Å². The van der Waals surface area contributed by atoms with Crippen molar-refractivity contribution in [1.29, 1.82) is 0 Å². The lowest BCUT2D eigenvalue weighted by Crippen LogP contribution is -2.41. The predicted molar refractivity (Wildman–Crippen MR) is 120 cm³/mol. The van der Waals surface area contributed by atoms with Crippen LogP contribution in [0.1, 0.15) is 68.3 Å². The molecule has 8 nitrogen and oxygen atoms in total. The Bertz CT molecular complexity index is 904. The number of H-pyrrole nitrogens is 1. The first-order chi connectivity index (χ1) is 15.5. The molecule has 3 aliphatic rings. The number of hydrogen-bond acceptors (Lipinski definition) is 5. The van der Waals surface area contributed by atoms with E-state index in [-0.39, 0.29) is 35.8 Å². The summed E-state index contributed by atoms with van der Waals surface area (Å²) in [6.45, 7) is 2.80. The number of rotatable bonds is 6. The maximum absolute atomic E-state index is 12.8. The predicted octanol–water partition coefficient (Wildman–Crippen LogP) is 2.18. The van der Waals surface area contributed by atoms with E-state index in [2.05, 4.69) is 17.1 Å². The largest absolute Gasteiger partial charge is 0.375 e. The number of carbonyl (C=O) groups is 2. The summed E-state index contributed by atoms with van der Waals surface area (Å²) in [5.41, 5.74) is 0.655. The average molecular weight is 443 g/mol. The van der Waals surface area contributed by atoms with Crippen molar-refractivity contribution in [3.05, 3.63) is 40.1 Å². The van der Waals surface area contributed by atoms with Gasteiger partial charge in [0.15, 0.2) is 0 Å². The molecule has 0 saturated carbocycles. The summed E-state index contributed by atoms with van der Waals surface area (Å²) in [6, 6.07) is 1.60. The lowest BCUT2D eigenvalue weighted by Gasteiger charge is -2.34. The van der Waals surface area contributed by atoms with E-state index < -0.39 is 0 Å². The third-order valence-corrected chi connectivity index (χ3v) is 7.02. The first-order valence-electron chi connectivity index (χ1n) is 11.9. The number of allylic oxidation sites excluding steroid dienone is 2. The van der Waals surface area contributed by atoms with Gasteiger partial charge in [-0.05, 0) is 44.4 Å². The molecule has 0 radical (unpaired) electrons. The lowest BCUT2D eigenvalue weighted by atomic mass is 9.92. The van der Waals surface area contributed by atoms with Crippen molar-refractivity contribution in [2.45, 2.75) is 56.8 Å². The standard InChI is InChI=1S/C24H34N4O4/c1-32-16-23(31)27-11-8-18(9-12-27)24-25-20(14-21(29)26-24)19-7-4-10-28(15-19)22(30)13-17-5-2-3-6-17/h2,5,14,17-19H,3-4,6-13,15-16H2,1H3,(H,25,26,29)/t17-,19+/m0/s1. The second kappa shape index (κ2) is 10.4. The zero-order chi connectivity index (χ0) is 22.5. The van der Waals surface area contributed by atoms with Crippen molar-refractivity contribution in [2.24, 2.45) is 5.92 Å². The van der Waals surface area contributed by atoms with Crippen LogP contribution in [0.5, 0.6) is 0 Å². The highest BCUT2D eigenvalue weighted by atomic mass is 16.5. The minimum absolute atomic E-state index is 0.00112. The Hall–Kier alpha value is -2.48. The number of carbonyl (C=O) groups excluding carboxylic acids is 2. The Kier molecular flexibility index (Phi) is 7.40. The Morgan fingerprint density at radius 1 is 1.09 bits per heavy atom. The normalized spacial score (nSPS) is 24.2. The van der Waals surface area contributed by atoms with Crippen LogP contribution in [0.2, 0.25) is 0 Å². The van der Waals surface area contributed by atoms with Gasteiger partial charge in [0.05, 0.1) is 5.69 Å². The molecule has 0 aromatic carbocycles. The van der Waals surface area contributed by atoms with Gasteiger partial charge in [0.2, 0.25) is 11.8 Å². The third-order valence-electron chi connectivity index (χ3n) is 7.02. The van der Waals surface area contributed by atoms with Crippen molar-refractivity contribution >= 4 is 11.8 Å². The maximum atomic E-state index is 12.8. The fourth-order valence-electron chi connectivity index (χ4n) is 5.18. The first-order valence-corrected chi connectivity index (χ1v) is 11.9. The van der Waals surface area contributed by atoms with Gasteiger partial charge < -0.3 is 19.5 Å². The number of aromatic amines is 1. The smallest absolute Gasteiger partial charge is 0.251 e. The van der Waals surface area contributed by atoms with E-state index in [0.29, 0.717) is 37.8 Å². The molecule has 1 aliphatic carbocycles. The van der Waals surface area contributed by atoms with Crippen LogP contribution in [0.25, 0.3) is 0 Å². The molecule has 174 valence electrons. The van der Waals surface area contributed by atoms with Crippen molar-refractivity contribution < 1.29 is 14.3 Å². The van der Waals surface area contributed by atoms with Crippen LogP contribution in [0.15, 0.2) is 23.0 Å². The SMILES string of the molecule is COCC(=O)N1CCC(c2nc([C@@H]3CCCN(C(=O)C[C@H]4C=CCC4)C3)cc(=O)[nH]2)CC1. The van der Waals surface area contributed by atoms with Crippen LogP contribution in [-0.2, 0) is 14.3 Å². The molecule has 2 aliphatic heterocycles. The topological polar surface area (TPSA) is 95.6 Å². The highest BCUT2D eigenvalue weighted by Gasteiger charge is 2.29. The van der Waals surface area contributed by atoms with Gasteiger partial charge in [0.1, 0.15) is 12.4 Å². The number of ether oxygens (including phenoxy) is 1. The molecule has 8 heteroatoms. The molecule has 1 aromatic heterocycles. The minimum atomic E-state index is -0.137. The molecular weight excluding hydrogens is 408 g/mol. The van der Waals surface area contributed by atoms with Gasteiger partial charge in [0.25, 0.3) is 5.56 Å². The summed E-state index contributed by atoms with van der Waals surface area (Å²) >= 11 is 0. The van der Waals surface area contributed by atoms with Crippen LogP contribution < -0.4 is 5.56 Å². The number of piperidine rings is 2. The van der Waals surface area contributed by atoms with Crippen molar-refractivity contribution in [3.63, 3.8) is 0 Å². The van der Waals surface area contributed by atoms with Gasteiger partial charge in [-0.3, -0.25) is 14.4 Å². The number of aromatic nitrogens is 2. The molecule has 0 spiro atoms. The van der Waals surface area contributed by atoms with E-state index in [4.69, 9.17) is 9.72 Å². The van der Waals surface area contributed by atoms with Crippen LogP contribution in [0, 0.1) is 5.92 Å². The van der Waals surface area contributed by atoms with Gasteiger partial charge in [-0.15, -0.1) is 0 Å². The summed E-state index contributed by atoms with van der Waals surface area (Å²) in [7, 11) is 1.52. The van der Waals surface area contributed by atoms with E-state index in [9.17, 15) is 14.4 Å². The summed E-state index contributed by atoms with van der Waals surface area (Å²) in [5, 5.41) is 0. The molecule has 2 saturated heterocycles. The molecule has 0 unspecified atom stereocenters. The summed E-state index contributed by atoms with van der Waals surface area (Å²) in [4.78, 5) is 48.8. The summed E-state index contributed by atoms with van der Waals surface area (Å²) in [6.07, 6.45) is 10.5. The molecule has 0 bridgehead atoms. The highest BCUT2D eigenvalue weighted by Crippen LogP contribution is 2.30. The second-order valence-corrected chi connectivity index (χ2v) is 9.29. The van der Waals surface area contributed by atoms with Crippen molar-refractivity contribution in [1.82, 2.24) is 19.8 Å². The zero-order valence-electron chi connectivity index (χ0n) is 18.9. The fraction of sp³-hybridized carbons (Fsp3) is 0.667. The van der Waals surface area contributed by atoms with Gasteiger partial charge in [-0.25, -0.2) is 4.98 Å². The summed E-state index contributed by atoms with van der Waals surface area (Å²) in [5.74, 6) is 1.52. The number of amides is 2. The van der Waals surface area contributed by atoms with Gasteiger partial charge in [-0.1, -0.05) is 12.2 Å². The third kappa shape index (κ3) is 5.46. The van der Waals surface area contributed by atoms with Crippen LogP contribution in [0.4, 0.5) is 0 Å². The Morgan fingerprint density at radius 3 is 2.62 bits per heavy atom. The first kappa shape index (κ1) is 22.7. The number of nitrogens with zero attached hydrogens (tertiary/aromatic N) is 3. The Balaban J connectivity index is 1.40. The molecule has 2 atom stereocenters. The number of hydrogen-bond donors (Lipinski definition) is 1. The molecule has 2 fully saturated rings. The van der Waals surface area contributed by atoms with E-state index in [1.54, 1.807) is 6.07 Å². The number of methoxy groups -OCH3 is 1. The van der Waals surface area contributed by atoms with Crippen LogP contribution in [-0.4, -0.2) is 71.5 Å². The molecule has 3 heterocycles. The highest BCUT2D eigenvalue weighted by molar-refractivity contribution is 5.77. The molecule has 1 aromatic rings. The van der Waals surface area contributed by atoms with Crippen molar-refractivity contribution in [2.75, 3.05) is 39.9 Å². The van der Waals surface area contributed by atoms with Gasteiger partial charge in [0, 0.05) is 57.6 Å². The van der Waals surface area contributed by atoms with Gasteiger partial charge in [-0.2, -0.15) is 0 Å². The molecule has 1 N–H and O–H groups in total. The lowest BCUT2D eigenvalue weighted by molar-refractivity contribution is -0.136. The molecular formula is C24H34N4O4. The second-order valence-electron chi connectivity index (χ2n) is 9.29. The summed E-state index contributed by atoms with van der Waals surface area (Å²) < 4.78 is 4.95. The van der Waals surface area contributed by atoms with E-state index in [0.717, 1.165) is 50.8 Å². The monoisotopic (exact) mass is 442 g/mol. The van der Waals surface area contributed by atoms with E-state index in [1.165, 1.54) is 7.11 Å². The molecule has 2 amide bonds. The van der Waals surface area contributed by atoms with Crippen molar-refractivity contribution in [3.8, 4) is 0 Å². The van der Waals surface area contributed by atoms with Crippen LogP contribution >= 0.6 is 0 Å². The van der Waals surface area contributed by atoms with Crippen LogP contribution in [0.3, 0.4) is 0 Å². The number of nitrogens with one attached hydrogen (secondary N) is 1. The minimum Gasteiger partial charge on any atom is -0.375 e. The Labute approximate surface area is 189 Å².